The first kappa shape index (κ1) is 16.6. The maximum absolute atomic E-state index is 13.3. The number of carbonyl (C=O) groups is 1. The van der Waals surface area contributed by atoms with Crippen LogP contribution in [0.4, 0.5) is 14.5 Å². The van der Waals surface area contributed by atoms with Crippen molar-refractivity contribution in [1.29, 1.82) is 0 Å². The van der Waals surface area contributed by atoms with E-state index in [1.807, 2.05) is 0 Å². The summed E-state index contributed by atoms with van der Waals surface area (Å²) in [5.74, 6) is -1.34. The summed E-state index contributed by atoms with van der Waals surface area (Å²) in [6, 6.07) is 14.0. The quantitative estimate of drug-likeness (QED) is 0.791. The van der Waals surface area contributed by atoms with Gasteiger partial charge in [-0.2, -0.15) is 0 Å². The molecule has 1 amide bonds. The molecule has 1 aromatic heterocycles. The van der Waals surface area contributed by atoms with Crippen LogP contribution in [-0.4, -0.2) is 10.5 Å². The molecule has 6 heteroatoms. The van der Waals surface area contributed by atoms with Crippen LogP contribution in [0.25, 0.3) is 0 Å². The van der Waals surface area contributed by atoms with Crippen molar-refractivity contribution in [3.63, 3.8) is 0 Å². The molecule has 3 rings (SSSR count). The first-order valence-corrected chi connectivity index (χ1v) is 7.53. The van der Waals surface area contributed by atoms with Crippen LogP contribution in [0.1, 0.15) is 15.9 Å². The molecule has 3 aromatic rings. The number of anilines is 1. The van der Waals surface area contributed by atoms with E-state index in [4.69, 9.17) is 0 Å². The molecule has 4 nitrogen and oxygen atoms in total. The largest absolute Gasteiger partial charge is 0.322 e. The zero-order valence-electron chi connectivity index (χ0n) is 13.1. The number of nitrogens with zero attached hydrogens (tertiary/aromatic N) is 1. The summed E-state index contributed by atoms with van der Waals surface area (Å²) in [4.78, 5) is 24.3. The van der Waals surface area contributed by atoms with Gasteiger partial charge in [0.25, 0.3) is 11.5 Å². The lowest BCUT2D eigenvalue weighted by Crippen LogP contribution is -2.22. The third kappa shape index (κ3) is 4.17. The van der Waals surface area contributed by atoms with Gasteiger partial charge in [-0.1, -0.05) is 18.2 Å². The molecule has 0 saturated carbocycles. The molecule has 1 heterocycles. The van der Waals surface area contributed by atoms with Gasteiger partial charge < -0.3 is 9.88 Å². The summed E-state index contributed by atoms with van der Waals surface area (Å²) in [7, 11) is 0. The predicted octanol–water partition coefficient (Wildman–Crippen LogP) is 3.43. The van der Waals surface area contributed by atoms with E-state index in [0.717, 1.165) is 0 Å². The molecule has 0 aliphatic carbocycles. The second kappa shape index (κ2) is 7.09. The van der Waals surface area contributed by atoms with Crippen LogP contribution in [0.3, 0.4) is 0 Å². The molecule has 0 aliphatic heterocycles. The molecular weight excluding hydrogens is 326 g/mol. The van der Waals surface area contributed by atoms with Gasteiger partial charge >= 0.3 is 0 Å². The summed E-state index contributed by atoms with van der Waals surface area (Å²) in [5.41, 5.74) is 0.838. The molecule has 0 spiro atoms. The maximum Gasteiger partial charge on any atom is 0.257 e. The Labute approximate surface area is 142 Å². The monoisotopic (exact) mass is 340 g/mol. The van der Waals surface area contributed by atoms with Crippen molar-refractivity contribution in [3.05, 3.63) is 100.0 Å². The molecule has 126 valence electrons. The average molecular weight is 340 g/mol. The van der Waals surface area contributed by atoms with Crippen molar-refractivity contribution in [2.45, 2.75) is 6.54 Å². The fraction of sp³-hybridized carbons (Fsp3) is 0.0526. The molecule has 0 atom stereocenters. The standard InChI is InChI=1S/C19H14F2N2O2/c20-15-4-1-3-13(9-15)11-23-12-14(7-8-18(23)24)19(25)22-17-6-2-5-16(21)10-17/h1-10,12H,11H2,(H,22,25). The normalized spacial score (nSPS) is 10.5. The van der Waals surface area contributed by atoms with Crippen molar-refractivity contribution in [2.75, 3.05) is 5.32 Å². The van der Waals surface area contributed by atoms with E-state index in [1.54, 1.807) is 18.2 Å². The fourth-order valence-corrected chi connectivity index (χ4v) is 2.39. The third-order valence-electron chi connectivity index (χ3n) is 3.57. The van der Waals surface area contributed by atoms with Gasteiger partial charge in [0.05, 0.1) is 12.1 Å². The highest BCUT2D eigenvalue weighted by molar-refractivity contribution is 6.04. The highest BCUT2D eigenvalue weighted by Crippen LogP contribution is 2.11. The smallest absolute Gasteiger partial charge is 0.257 e. The molecule has 2 aromatic carbocycles. The molecule has 0 saturated heterocycles. The van der Waals surface area contributed by atoms with Crippen molar-refractivity contribution < 1.29 is 13.6 Å². The lowest BCUT2D eigenvalue weighted by Gasteiger charge is -2.09. The van der Waals surface area contributed by atoms with Crippen LogP contribution in [0.5, 0.6) is 0 Å². The summed E-state index contributed by atoms with van der Waals surface area (Å²) < 4.78 is 27.8. The van der Waals surface area contributed by atoms with Crippen molar-refractivity contribution in [2.24, 2.45) is 0 Å². The van der Waals surface area contributed by atoms with Crippen LogP contribution in [0, 0.1) is 11.6 Å². The summed E-state index contributed by atoms with van der Waals surface area (Å²) >= 11 is 0. The van der Waals surface area contributed by atoms with E-state index >= 15 is 0 Å². The second-order valence-corrected chi connectivity index (χ2v) is 5.48. The number of pyridine rings is 1. The summed E-state index contributed by atoms with van der Waals surface area (Å²) in [6.07, 6.45) is 1.39. The van der Waals surface area contributed by atoms with Crippen molar-refractivity contribution in [1.82, 2.24) is 4.57 Å². The Bertz CT molecular complexity index is 983. The third-order valence-corrected chi connectivity index (χ3v) is 3.57. The molecular formula is C19H14F2N2O2. The second-order valence-electron chi connectivity index (χ2n) is 5.48. The van der Waals surface area contributed by atoms with E-state index in [9.17, 15) is 18.4 Å². The number of hydrogen-bond acceptors (Lipinski definition) is 2. The number of hydrogen-bond donors (Lipinski definition) is 1. The molecule has 1 N–H and O–H groups in total. The minimum atomic E-state index is -0.474. The number of nitrogens with one attached hydrogen (secondary N) is 1. The maximum atomic E-state index is 13.3. The SMILES string of the molecule is O=C(Nc1cccc(F)c1)c1ccc(=O)n(Cc2cccc(F)c2)c1. The Hall–Kier alpha value is -3.28. The number of rotatable bonds is 4. The first-order chi connectivity index (χ1) is 12.0. The van der Waals surface area contributed by atoms with Crippen LogP contribution >= 0.6 is 0 Å². The van der Waals surface area contributed by atoms with Crippen LogP contribution < -0.4 is 10.9 Å². The Morgan fingerprint density at radius 2 is 1.68 bits per heavy atom. The Morgan fingerprint density at radius 1 is 0.960 bits per heavy atom. The Morgan fingerprint density at radius 3 is 2.40 bits per heavy atom. The highest BCUT2D eigenvalue weighted by Gasteiger charge is 2.09. The minimum Gasteiger partial charge on any atom is -0.322 e. The van der Waals surface area contributed by atoms with E-state index < -0.39 is 17.5 Å². The Kier molecular flexibility index (Phi) is 4.70. The van der Waals surface area contributed by atoms with Crippen molar-refractivity contribution in [3.8, 4) is 0 Å². The lowest BCUT2D eigenvalue weighted by molar-refractivity contribution is 0.102. The number of carbonyl (C=O) groups excluding carboxylic acids is 1. The van der Waals surface area contributed by atoms with E-state index in [-0.39, 0.29) is 17.7 Å². The van der Waals surface area contributed by atoms with Gasteiger partial charge in [-0.15, -0.1) is 0 Å². The lowest BCUT2D eigenvalue weighted by atomic mass is 10.2. The molecule has 0 aliphatic rings. The topological polar surface area (TPSA) is 51.1 Å². The number of halogens is 2. The van der Waals surface area contributed by atoms with Crippen LogP contribution in [0.2, 0.25) is 0 Å². The van der Waals surface area contributed by atoms with Crippen LogP contribution in [0.15, 0.2) is 71.7 Å². The van der Waals surface area contributed by atoms with Gasteiger partial charge in [0.15, 0.2) is 0 Å². The molecule has 25 heavy (non-hydrogen) atoms. The van der Waals surface area contributed by atoms with Crippen LogP contribution in [-0.2, 0) is 6.54 Å². The molecule has 0 radical (unpaired) electrons. The van der Waals surface area contributed by atoms with Gasteiger partial charge in [0.1, 0.15) is 11.6 Å². The average Bonchev–Trinajstić information content (AvgIpc) is 2.57. The number of aromatic nitrogens is 1. The number of benzene rings is 2. The molecule has 0 bridgehead atoms. The van der Waals surface area contributed by atoms with Gasteiger partial charge in [-0.05, 0) is 42.0 Å². The van der Waals surface area contributed by atoms with E-state index in [2.05, 4.69) is 5.32 Å². The van der Waals surface area contributed by atoms with Gasteiger partial charge in [-0.3, -0.25) is 9.59 Å². The fourth-order valence-electron chi connectivity index (χ4n) is 2.39. The highest BCUT2D eigenvalue weighted by atomic mass is 19.1. The number of amides is 1. The van der Waals surface area contributed by atoms with E-state index in [0.29, 0.717) is 11.3 Å². The van der Waals surface area contributed by atoms with Gasteiger partial charge in [0, 0.05) is 18.0 Å². The summed E-state index contributed by atoms with van der Waals surface area (Å²) in [5, 5.41) is 2.56. The molecule has 0 fully saturated rings. The predicted molar refractivity (Wildman–Crippen MR) is 90.6 cm³/mol. The molecule has 0 unspecified atom stereocenters. The van der Waals surface area contributed by atoms with Gasteiger partial charge in [0.2, 0.25) is 0 Å². The minimum absolute atomic E-state index is 0.137. The zero-order valence-corrected chi connectivity index (χ0v) is 13.1. The zero-order chi connectivity index (χ0) is 17.8. The van der Waals surface area contributed by atoms with Crippen molar-refractivity contribution >= 4 is 11.6 Å². The van der Waals surface area contributed by atoms with Gasteiger partial charge in [-0.25, -0.2) is 8.78 Å². The van der Waals surface area contributed by atoms with E-state index in [1.165, 1.54) is 53.2 Å². The Balaban J connectivity index is 1.83. The first-order valence-electron chi connectivity index (χ1n) is 7.53. The summed E-state index contributed by atoms with van der Waals surface area (Å²) in [6.45, 7) is 0.137.